The first-order valence-electron chi connectivity index (χ1n) is 6.16. The van der Waals surface area contributed by atoms with Crippen molar-refractivity contribution < 1.29 is 4.79 Å². The molecule has 2 N–H and O–H groups in total. The molecule has 1 saturated heterocycles. The molecule has 17 heavy (non-hydrogen) atoms. The van der Waals surface area contributed by atoms with E-state index in [0.717, 1.165) is 31.5 Å². The van der Waals surface area contributed by atoms with Crippen LogP contribution in [0.4, 0.5) is 0 Å². The number of hydrogen-bond donors (Lipinski definition) is 1. The van der Waals surface area contributed by atoms with Crippen LogP contribution >= 0.6 is 0 Å². The van der Waals surface area contributed by atoms with E-state index in [1.54, 1.807) is 12.4 Å². The zero-order valence-corrected chi connectivity index (χ0v) is 10.0. The van der Waals surface area contributed by atoms with Crippen molar-refractivity contribution in [2.45, 2.75) is 19.3 Å². The molecule has 0 aliphatic carbocycles. The zero-order valence-electron chi connectivity index (χ0n) is 10.0. The molecular weight excluding hydrogens is 214 g/mol. The second-order valence-electron chi connectivity index (χ2n) is 4.62. The van der Waals surface area contributed by atoms with Crippen LogP contribution in [0.3, 0.4) is 0 Å². The van der Waals surface area contributed by atoms with Crippen molar-refractivity contribution in [3.05, 3.63) is 30.1 Å². The summed E-state index contributed by atoms with van der Waals surface area (Å²) in [6.07, 6.45) is 6.14. The Kier molecular flexibility index (Phi) is 4.09. The number of nitrogens with two attached hydrogens (primary N) is 1. The first kappa shape index (κ1) is 12.0. The van der Waals surface area contributed by atoms with E-state index in [4.69, 9.17) is 5.73 Å². The van der Waals surface area contributed by atoms with Crippen LogP contribution in [0.15, 0.2) is 24.5 Å². The molecule has 92 valence electrons. The molecule has 1 amide bonds. The molecule has 1 aliphatic heterocycles. The summed E-state index contributed by atoms with van der Waals surface area (Å²) in [5.74, 6) is 0.665. The van der Waals surface area contributed by atoms with E-state index in [0.29, 0.717) is 18.9 Å². The van der Waals surface area contributed by atoms with E-state index >= 15 is 0 Å². The summed E-state index contributed by atoms with van der Waals surface area (Å²) in [7, 11) is 0. The molecule has 1 fully saturated rings. The standard InChI is InChI=1S/C13H19N3O/c14-8-12-4-2-6-16(10-12)13(17)7-11-3-1-5-15-9-11/h1,3,5,9,12H,2,4,6-8,10,14H2/t12-/m1/s1. The van der Waals surface area contributed by atoms with E-state index in [9.17, 15) is 4.79 Å². The fourth-order valence-electron chi connectivity index (χ4n) is 2.27. The van der Waals surface area contributed by atoms with Crippen LogP contribution in [-0.2, 0) is 11.2 Å². The first-order chi connectivity index (χ1) is 8.29. The number of likely N-dealkylation sites (tertiary alicyclic amines) is 1. The highest BCUT2D eigenvalue weighted by Crippen LogP contribution is 2.16. The van der Waals surface area contributed by atoms with Gasteiger partial charge in [0.2, 0.25) is 5.91 Å². The Hall–Kier alpha value is -1.42. The summed E-state index contributed by atoms with van der Waals surface area (Å²) in [5.41, 5.74) is 6.65. The van der Waals surface area contributed by atoms with Crippen molar-refractivity contribution in [1.82, 2.24) is 9.88 Å². The average Bonchev–Trinajstić information content (AvgIpc) is 2.40. The van der Waals surface area contributed by atoms with Gasteiger partial charge >= 0.3 is 0 Å². The molecule has 2 heterocycles. The molecule has 1 aromatic heterocycles. The van der Waals surface area contributed by atoms with Crippen molar-refractivity contribution in [3.8, 4) is 0 Å². The third-order valence-corrected chi connectivity index (χ3v) is 3.28. The molecule has 1 aromatic rings. The number of rotatable bonds is 3. The number of carbonyl (C=O) groups excluding carboxylic acids is 1. The Bertz CT molecular complexity index is 366. The van der Waals surface area contributed by atoms with Crippen LogP contribution < -0.4 is 5.73 Å². The number of nitrogens with zero attached hydrogens (tertiary/aromatic N) is 2. The van der Waals surface area contributed by atoms with Crippen LogP contribution in [0.25, 0.3) is 0 Å². The Morgan fingerprint density at radius 3 is 3.18 bits per heavy atom. The van der Waals surface area contributed by atoms with Gasteiger partial charge in [0.1, 0.15) is 0 Å². The highest BCUT2D eigenvalue weighted by molar-refractivity contribution is 5.78. The smallest absolute Gasteiger partial charge is 0.227 e. The van der Waals surface area contributed by atoms with Gasteiger partial charge in [-0.25, -0.2) is 0 Å². The lowest BCUT2D eigenvalue weighted by atomic mass is 9.98. The summed E-state index contributed by atoms with van der Waals surface area (Å²) in [5, 5.41) is 0. The molecule has 0 unspecified atom stereocenters. The van der Waals surface area contributed by atoms with E-state index in [-0.39, 0.29) is 5.91 Å². The monoisotopic (exact) mass is 233 g/mol. The van der Waals surface area contributed by atoms with Gasteiger partial charge in [0, 0.05) is 25.5 Å². The van der Waals surface area contributed by atoms with Crippen molar-refractivity contribution in [2.24, 2.45) is 11.7 Å². The molecule has 4 nitrogen and oxygen atoms in total. The maximum Gasteiger partial charge on any atom is 0.227 e. The van der Waals surface area contributed by atoms with Gasteiger partial charge < -0.3 is 10.6 Å². The van der Waals surface area contributed by atoms with Gasteiger partial charge in [-0.1, -0.05) is 6.07 Å². The molecular formula is C13H19N3O. The molecule has 2 rings (SSSR count). The van der Waals surface area contributed by atoms with Gasteiger partial charge in [0.15, 0.2) is 0 Å². The molecule has 4 heteroatoms. The number of piperidine rings is 1. The van der Waals surface area contributed by atoms with Crippen molar-refractivity contribution in [1.29, 1.82) is 0 Å². The van der Waals surface area contributed by atoms with Gasteiger partial charge in [-0.3, -0.25) is 9.78 Å². The molecule has 0 bridgehead atoms. The van der Waals surface area contributed by atoms with E-state index in [1.807, 2.05) is 17.0 Å². The lowest BCUT2D eigenvalue weighted by Gasteiger charge is -2.32. The minimum atomic E-state index is 0.191. The fraction of sp³-hybridized carbons (Fsp3) is 0.538. The predicted molar refractivity (Wildman–Crippen MR) is 66.3 cm³/mol. The summed E-state index contributed by atoms with van der Waals surface area (Å²) in [4.78, 5) is 18.0. The normalized spacial score (nSPS) is 20.3. The predicted octanol–water partition coefficient (Wildman–Crippen LogP) is 0.821. The third-order valence-electron chi connectivity index (χ3n) is 3.28. The van der Waals surface area contributed by atoms with Gasteiger partial charge in [-0.15, -0.1) is 0 Å². The third kappa shape index (κ3) is 3.27. The van der Waals surface area contributed by atoms with Crippen LogP contribution in [0.1, 0.15) is 18.4 Å². The zero-order chi connectivity index (χ0) is 12.1. The topological polar surface area (TPSA) is 59.2 Å². The molecule has 0 radical (unpaired) electrons. The molecule has 1 atom stereocenters. The Balaban J connectivity index is 1.91. The average molecular weight is 233 g/mol. The Morgan fingerprint density at radius 1 is 1.59 bits per heavy atom. The first-order valence-corrected chi connectivity index (χ1v) is 6.16. The minimum Gasteiger partial charge on any atom is -0.342 e. The highest BCUT2D eigenvalue weighted by Gasteiger charge is 2.22. The summed E-state index contributed by atoms with van der Waals surface area (Å²) < 4.78 is 0. The lowest BCUT2D eigenvalue weighted by Crippen LogP contribution is -2.42. The molecule has 0 saturated carbocycles. The van der Waals surface area contributed by atoms with E-state index in [1.165, 1.54) is 0 Å². The Morgan fingerprint density at radius 2 is 2.47 bits per heavy atom. The summed E-state index contributed by atoms with van der Waals surface area (Å²) >= 11 is 0. The maximum absolute atomic E-state index is 12.1. The number of pyridine rings is 1. The number of carbonyl (C=O) groups is 1. The maximum atomic E-state index is 12.1. The van der Waals surface area contributed by atoms with Gasteiger partial charge in [0.25, 0.3) is 0 Å². The van der Waals surface area contributed by atoms with Gasteiger partial charge in [-0.2, -0.15) is 0 Å². The van der Waals surface area contributed by atoms with E-state index in [2.05, 4.69) is 4.98 Å². The molecule has 1 aliphatic rings. The van der Waals surface area contributed by atoms with Crippen LogP contribution in [-0.4, -0.2) is 35.4 Å². The van der Waals surface area contributed by atoms with E-state index < -0.39 is 0 Å². The second kappa shape index (κ2) is 5.77. The van der Waals surface area contributed by atoms with Crippen molar-refractivity contribution in [3.63, 3.8) is 0 Å². The molecule has 0 spiro atoms. The summed E-state index contributed by atoms with van der Waals surface area (Å²) in [6.45, 7) is 2.36. The summed E-state index contributed by atoms with van der Waals surface area (Å²) in [6, 6.07) is 3.80. The fourth-order valence-corrected chi connectivity index (χ4v) is 2.27. The quantitative estimate of drug-likeness (QED) is 0.841. The Labute approximate surface area is 102 Å². The van der Waals surface area contributed by atoms with Gasteiger partial charge in [-0.05, 0) is 36.9 Å². The van der Waals surface area contributed by atoms with Crippen LogP contribution in [0.2, 0.25) is 0 Å². The largest absolute Gasteiger partial charge is 0.342 e. The molecule has 0 aromatic carbocycles. The second-order valence-corrected chi connectivity index (χ2v) is 4.62. The van der Waals surface area contributed by atoms with Crippen LogP contribution in [0.5, 0.6) is 0 Å². The van der Waals surface area contributed by atoms with Crippen molar-refractivity contribution >= 4 is 5.91 Å². The minimum absolute atomic E-state index is 0.191. The van der Waals surface area contributed by atoms with Gasteiger partial charge in [0.05, 0.1) is 6.42 Å². The van der Waals surface area contributed by atoms with Crippen LogP contribution in [0, 0.1) is 5.92 Å². The lowest BCUT2D eigenvalue weighted by molar-refractivity contribution is -0.132. The number of aromatic nitrogens is 1. The SMILES string of the molecule is NC[C@H]1CCCN(C(=O)Cc2cccnc2)C1. The number of hydrogen-bond acceptors (Lipinski definition) is 3. The highest BCUT2D eigenvalue weighted by atomic mass is 16.2. The number of amides is 1. The van der Waals surface area contributed by atoms with Crippen molar-refractivity contribution in [2.75, 3.05) is 19.6 Å².